The Kier molecular flexibility index (Phi) is 4.51. The summed E-state index contributed by atoms with van der Waals surface area (Å²) >= 11 is 3.55. The smallest absolute Gasteiger partial charge is 0.175 e. The van der Waals surface area contributed by atoms with Crippen molar-refractivity contribution in [3.05, 3.63) is 22.2 Å². The number of benzene rings is 1. The van der Waals surface area contributed by atoms with Crippen LogP contribution in [0.3, 0.4) is 0 Å². The molecule has 2 rings (SSSR count). The SMILES string of the molecule is COc1cc(C(C)N)cc(Br)c1OC1CCCC1. The normalized spacial score (nSPS) is 17.8. The predicted molar refractivity (Wildman–Crippen MR) is 76.2 cm³/mol. The highest BCUT2D eigenvalue weighted by Gasteiger charge is 2.21. The van der Waals surface area contributed by atoms with Crippen molar-refractivity contribution in [3.63, 3.8) is 0 Å². The minimum absolute atomic E-state index is 0.0178. The van der Waals surface area contributed by atoms with Gasteiger partial charge < -0.3 is 15.2 Å². The van der Waals surface area contributed by atoms with Gasteiger partial charge in [0.15, 0.2) is 11.5 Å². The van der Waals surface area contributed by atoms with E-state index < -0.39 is 0 Å². The average molecular weight is 314 g/mol. The first-order chi connectivity index (χ1) is 8.61. The molecular formula is C14H20BrNO2. The van der Waals surface area contributed by atoms with Crippen LogP contribution in [0.5, 0.6) is 11.5 Å². The van der Waals surface area contributed by atoms with Gasteiger partial charge in [-0.2, -0.15) is 0 Å². The lowest BCUT2D eigenvalue weighted by Crippen LogP contribution is -2.13. The Morgan fingerprint density at radius 1 is 1.33 bits per heavy atom. The third-order valence-electron chi connectivity index (χ3n) is 3.36. The van der Waals surface area contributed by atoms with Crippen molar-refractivity contribution in [3.8, 4) is 11.5 Å². The van der Waals surface area contributed by atoms with Crippen LogP contribution < -0.4 is 15.2 Å². The number of ether oxygens (including phenoxy) is 2. The van der Waals surface area contributed by atoms with Crippen LogP contribution in [0.2, 0.25) is 0 Å². The summed E-state index contributed by atoms with van der Waals surface area (Å²) in [4.78, 5) is 0. The lowest BCUT2D eigenvalue weighted by molar-refractivity contribution is 0.199. The van der Waals surface area contributed by atoms with Gasteiger partial charge in [0.1, 0.15) is 0 Å². The first-order valence-electron chi connectivity index (χ1n) is 6.41. The van der Waals surface area contributed by atoms with E-state index in [4.69, 9.17) is 15.2 Å². The number of hydrogen-bond donors (Lipinski definition) is 1. The summed E-state index contributed by atoms with van der Waals surface area (Å²) in [6.07, 6.45) is 5.08. The highest BCUT2D eigenvalue weighted by molar-refractivity contribution is 9.10. The second-order valence-electron chi connectivity index (χ2n) is 4.85. The Labute approximate surface area is 117 Å². The number of hydrogen-bond acceptors (Lipinski definition) is 3. The Morgan fingerprint density at radius 3 is 2.56 bits per heavy atom. The summed E-state index contributed by atoms with van der Waals surface area (Å²) in [5.41, 5.74) is 6.94. The van der Waals surface area contributed by atoms with Gasteiger partial charge in [0.2, 0.25) is 0 Å². The first kappa shape index (κ1) is 13.7. The number of methoxy groups -OCH3 is 1. The van der Waals surface area contributed by atoms with Crippen LogP contribution in [0.25, 0.3) is 0 Å². The molecule has 0 aromatic heterocycles. The van der Waals surface area contributed by atoms with E-state index in [1.54, 1.807) is 7.11 Å². The van der Waals surface area contributed by atoms with Gasteiger partial charge in [-0.3, -0.25) is 0 Å². The van der Waals surface area contributed by atoms with Gasteiger partial charge in [-0.05, 0) is 66.2 Å². The van der Waals surface area contributed by atoms with Gasteiger partial charge in [-0.15, -0.1) is 0 Å². The summed E-state index contributed by atoms with van der Waals surface area (Å²) in [7, 11) is 1.66. The third-order valence-corrected chi connectivity index (χ3v) is 3.95. The predicted octanol–water partition coefficient (Wildman–Crippen LogP) is 3.80. The highest BCUT2D eigenvalue weighted by atomic mass is 79.9. The van der Waals surface area contributed by atoms with Crippen molar-refractivity contribution in [1.82, 2.24) is 0 Å². The van der Waals surface area contributed by atoms with Gasteiger partial charge >= 0.3 is 0 Å². The summed E-state index contributed by atoms with van der Waals surface area (Å²) in [6.45, 7) is 1.96. The molecule has 1 aliphatic carbocycles. The van der Waals surface area contributed by atoms with E-state index in [1.165, 1.54) is 12.8 Å². The van der Waals surface area contributed by atoms with E-state index in [2.05, 4.69) is 15.9 Å². The van der Waals surface area contributed by atoms with Crippen molar-refractivity contribution in [2.45, 2.75) is 44.8 Å². The van der Waals surface area contributed by atoms with Gasteiger partial charge in [0.05, 0.1) is 17.7 Å². The Hall–Kier alpha value is -0.740. The molecule has 4 heteroatoms. The molecule has 0 aliphatic heterocycles. The lowest BCUT2D eigenvalue weighted by atomic mass is 10.1. The number of halogens is 1. The fourth-order valence-corrected chi connectivity index (χ4v) is 2.84. The summed E-state index contributed by atoms with van der Waals surface area (Å²) in [6, 6.07) is 3.95. The second-order valence-corrected chi connectivity index (χ2v) is 5.70. The Bertz CT molecular complexity index is 415. The minimum Gasteiger partial charge on any atom is -0.493 e. The molecule has 0 bridgehead atoms. The Morgan fingerprint density at radius 2 is 2.00 bits per heavy atom. The Balaban J connectivity index is 2.27. The summed E-state index contributed by atoms with van der Waals surface area (Å²) in [5.74, 6) is 1.55. The molecule has 18 heavy (non-hydrogen) atoms. The van der Waals surface area contributed by atoms with E-state index in [9.17, 15) is 0 Å². The number of nitrogens with two attached hydrogens (primary N) is 1. The zero-order valence-corrected chi connectivity index (χ0v) is 12.5. The van der Waals surface area contributed by atoms with E-state index in [-0.39, 0.29) is 6.04 Å². The van der Waals surface area contributed by atoms with E-state index >= 15 is 0 Å². The van der Waals surface area contributed by atoms with Crippen LogP contribution in [-0.4, -0.2) is 13.2 Å². The van der Waals surface area contributed by atoms with Crippen molar-refractivity contribution < 1.29 is 9.47 Å². The second kappa shape index (κ2) is 5.93. The standard InChI is InChI=1S/C14H20BrNO2/c1-9(16)10-7-12(15)14(13(8-10)17-2)18-11-5-3-4-6-11/h7-9,11H,3-6,16H2,1-2H3. The van der Waals surface area contributed by atoms with Gasteiger partial charge in [0, 0.05) is 6.04 Å². The zero-order valence-electron chi connectivity index (χ0n) is 10.9. The summed E-state index contributed by atoms with van der Waals surface area (Å²) < 4.78 is 12.4. The maximum atomic E-state index is 6.05. The fraction of sp³-hybridized carbons (Fsp3) is 0.571. The van der Waals surface area contributed by atoms with Gasteiger partial charge in [-0.25, -0.2) is 0 Å². The van der Waals surface area contributed by atoms with Crippen molar-refractivity contribution in [2.24, 2.45) is 5.73 Å². The maximum Gasteiger partial charge on any atom is 0.175 e. The average Bonchev–Trinajstić information content (AvgIpc) is 2.84. The highest BCUT2D eigenvalue weighted by Crippen LogP contribution is 2.40. The van der Waals surface area contributed by atoms with E-state index in [0.29, 0.717) is 6.10 Å². The zero-order chi connectivity index (χ0) is 13.1. The molecule has 3 nitrogen and oxygen atoms in total. The van der Waals surface area contributed by atoms with E-state index in [1.807, 2.05) is 19.1 Å². The molecule has 0 heterocycles. The summed E-state index contributed by atoms with van der Waals surface area (Å²) in [5, 5.41) is 0. The quantitative estimate of drug-likeness (QED) is 0.919. The molecule has 1 aliphatic rings. The molecule has 0 amide bonds. The van der Waals surface area contributed by atoms with Crippen LogP contribution in [0.1, 0.15) is 44.2 Å². The molecule has 1 atom stereocenters. The van der Waals surface area contributed by atoms with Crippen LogP contribution in [0.15, 0.2) is 16.6 Å². The van der Waals surface area contributed by atoms with Crippen LogP contribution in [0, 0.1) is 0 Å². The molecule has 0 spiro atoms. The lowest BCUT2D eigenvalue weighted by Gasteiger charge is -2.19. The van der Waals surface area contributed by atoms with Crippen molar-refractivity contribution >= 4 is 15.9 Å². The minimum atomic E-state index is -0.0178. The van der Waals surface area contributed by atoms with Crippen LogP contribution >= 0.6 is 15.9 Å². The van der Waals surface area contributed by atoms with E-state index in [0.717, 1.165) is 34.4 Å². The molecule has 1 fully saturated rings. The van der Waals surface area contributed by atoms with Crippen LogP contribution in [-0.2, 0) is 0 Å². The molecular weight excluding hydrogens is 294 g/mol. The molecule has 1 unspecified atom stereocenters. The molecule has 100 valence electrons. The topological polar surface area (TPSA) is 44.5 Å². The van der Waals surface area contributed by atoms with Gasteiger partial charge in [-0.1, -0.05) is 0 Å². The number of rotatable bonds is 4. The first-order valence-corrected chi connectivity index (χ1v) is 7.20. The largest absolute Gasteiger partial charge is 0.493 e. The molecule has 1 aromatic rings. The fourth-order valence-electron chi connectivity index (χ4n) is 2.29. The van der Waals surface area contributed by atoms with Crippen molar-refractivity contribution in [1.29, 1.82) is 0 Å². The molecule has 0 radical (unpaired) electrons. The molecule has 1 saturated carbocycles. The molecule has 0 saturated heterocycles. The van der Waals surface area contributed by atoms with Crippen LogP contribution in [0.4, 0.5) is 0 Å². The molecule has 1 aromatic carbocycles. The monoisotopic (exact) mass is 313 g/mol. The molecule has 2 N–H and O–H groups in total. The van der Waals surface area contributed by atoms with Crippen molar-refractivity contribution in [2.75, 3.05) is 7.11 Å². The van der Waals surface area contributed by atoms with Gasteiger partial charge in [0.25, 0.3) is 0 Å². The third kappa shape index (κ3) is 2.98. The maximum absolute atomic E-state index is 6.05.